The largest absolute Gasteiger partial charge is 0.489 e. The Kier molecular flexibility index (Phi) is 5.16. The molecule has 4 fully saturated rings. The van der Waals surface area contributed by atoms with Gasteiger partial charge in [-0.15, -0.1) is 0 Å². The maximum atomic E-state index is 13.6. The topological polar surface area (TPSA) is 84.8 Å². The van der Waals surface area contributed by atoms with E-state index in [2.05, 4.69) is 10.0 Å². The number of fused-ring (bicyclic) bond motifs is 3. The molecule has 8 nitrogen and oxygen atoms in total. The van der Waals surface area contributed by atoms with Gasteiger partial charge in [-0.2, -0.15) is 0 Å². The van der Waals surface area contributed by atoms with Crippen LogP contribution in [0.3, 0.4) is 0 Å². The van der Waals surface area contributed by atoms with Gasteiger partial charge in [0, 0.05) is 44.0 Å². The lowest BCUT2D eigenvalue weighted by atomic mass is 9.74. The molecular weight excluding hydrogens is 459 g/mol. The van der Waals surface area contributed by atoms with Crippen LogP contribution in [0.4, 0.5) is 10.1 Å². The summed E-state index contributed by atoms with van der Waals surface area (Å²) in [5, 5.41) is 2.84. The van der Waals surface area contributed by atoms with Crippen LogP contribution in [0.2, 0.25) is 0 Å². The molecule has 1 aromatic carbocycles. The van der Waals surface area contributed by atoms with Gasteiger partial charge in [-0.25, -0.2) is 4.39 Å². The fraction of sp³-hybridized carbons (Fsp3) is 0.500. The van der Waals surface area contributed by atoms with Crippen LogP contribution >= 0.6 is 11.9 Å². The summed E-state index contributed by atoms with van der Waals surface area (Å²) in [7, 11) is 1.80. The number of aromatic nitrogens is 1. The van der Waals surface area contributed by atoms with Crippen molar-refractivity contribution in [2.75, 3.05) is 31.6 Å². The molecule has 2 atom stereocenters. The fourth-order valence-corrected chi connectivity index (χ4v) is 6.55. The average molecular weight is 487 g/mol. The minimum atomic E-state index is -0.591. The molecule has 34 heavy (non-hydrogen) atoms. The number of anilines is 1. The van der Waals surface area contributed by atoms with Gasteiger partial charge < -0.3 is 24.3 Å². The second-order valence-corrected chi connectivity index (χ2v) is 10.8. The summed E-state index contributed by atoms with van der Waals surface area (Å²) >= 11 is 1.42. The van der Waals surface area contributed by atoms with Crippen molar-refractivity contribution >= 4 is 29.4 Å². The van der Waals surface area contributed by atoms with Crippen molar-refractivity contribution in [3.05, 3.63) is 41.5 Å². The summed E-state index contributed by atoms with van der Waals surface area (Å²) in [5.41, 5.74) is 0.788. The van der Waals surface area contributed by atoms with E-state index >= 15 is 0 Å². The van der Waals surface area contributed by atoms with Gasteiger partial charge in [0.15, 0.2) is 11.4 Å². The molecule has 5 aliphatic rings. The van der Waals surface area contributed by atoms with Crippen LogP contribution in [0, 0.1) is 24.6 Å². The van der Waals surface area contributed by atoms with Crippen molar-refractivity contribution in [1.29, 1.82) is 0 Å². The van der Waals surface area contributed by atoms with Crippen molar-refractivity contribution in [1.82, 2.24) is 14.2 Å². The van der Waals surface area contributed by atoms with Gasteiger partial charge in [0.25, 0.3) is 11.8 Å². The Morgan fingerprint density at radius 3 is 2.82 bits per heavy atom. The first-order chi connectivity index (χ1) is 16.3. The molecule has 180 valence electrons. The number of amides is 2. The van der Waals surface area contributed by atoms with Crippen molar-refractivity contribution < 1.29 is 23.5 Å². The highest BCUT2D eigenvalue weighted by atomic mass is 32.2. The van der Waals surface area contributed by atoms with E-state index < -0.39 is 5.60 Å². The van der Waals surface area contributed by atoms with Gasteiger partial charge in [-0.1, -0.05) is 0 Å². The molecule has 2 N–H and O–H groups in total. The first kappa shape index (κ1) is 21.9. The average Bonchev–Trinajstić information content (AvgIpc) is 3.53. The van der Waals surface area contributed by atoms with Crippen LogP contribution in [0.25, 0.3) is 0 Å². The number of ether oxygens (including phenoxy) is 2. The van der Waals surface area contributed by atoms with E-state index in [0.717, 1.165) is 17.7 Å². The molecule has 1 aromatic heterocycles. The number of hydrogen-bond donors (Lipinski definition) is 2. The third-order valence-corrected chi connectivity index (χ3v) is 8.38. The lowest BCUT2D eigenvalue weighted by Gasteiger charge is -2.37. The number of hydrogen-bond acceptors (Lipinski definition) is 6. The molecule has 5 heterocycles. The summed E-state index contributed by atoms with van der Waals surface area (Å²) in [6, 6.07) is 4.57. The normalized spacial score (nSPS) is 29.4. The molecule has 1 saturated carbocycles. The number of likely N-dealkylation sites (tertiary alicyclic amines) is 1. The highest BCUT2D eigenvalue weighted by Gasteiger charge is 2.59. The number of halogens is 1. The number of aryl methyl sites for hydroxylation is 2. The number of nitrogens with zero attached hydrogens (tertiary/aromatic N) is 2. The number of carbonyl (C=O) groups is 2. The SMILES string of the molecule is Cc1cc(NC(=O)c2c3c(cn2C)SNC2CN(C(=O)C45CC(CO4)C5)CC2CO3)ccc1F. The van der Waals surface area contributed by atoms with Crippen LogP contribution in [-0.4, -0.2) is 59.2 Å². The Balaban J connectivity index is 1.17. The van der Waals surface area contributed by atoms with Crippen LogP contribution in [0.15, 0.2) is 29.3 Å². The van der Waals surface area contributed by atoms with Gasteiger partial charge in [0.05, 0.1) is 18.1 Å². The molecule has 0 spiro atoms. The summed E-state index contributed by atoms with van der Waals surface area (Å²) in [5.74, 6) is 0.618. The highest BCUT2D eigenvalue weighted by Crippen LogP contribution is 2.50. The molecule has 2 bridgehead atoms. The minimum Gasteiger partial charge on any atom is -0.489 e. The summed E-state index contributed by atoms with van der Waals surface area (Å²) in [6.07, 6.45) is 3.54. The Bertz CT molecular complexity index is 1170. The summed E-state index contributed by atoms with van der Waals surface area (Å²) in [4.78, 5) is 29.0. The number of rotatable bonds is 3. The third kappa shape index (κ3) is 3.50. The minimum absolute atomic E-state index is 0.0930. The maximum Gasteiger partial charge on any atom is 0.276 e. The van der Waals surface area contributed by atoms with Crippen LogP contribution in [0.1, 0.15) is 28.9 Å². The molecule has 1 aliphatic carbocycles. The Morgan fingerprint density at radius 2 is 2.09 bits per heavy atom. The van der Waals surface area contributed by atoms with Gasteiger partial charge in [-0.3, -0.25) is 14.3 Å². The summed E-state index contributed by atoms with van der Waals surface area (Å²) < 4.78 is 30.9. The number of nitrogens with one attached hydrogen (secondary N) is 2. The monoisotopic (exact) mass is 486 g/mol. The number of benzene rings is 1. The predicted molar refractivity (Wildman–Crippen MR) is 124 cm³/mol. The molecule has 7 rings (SSSR count). The van der Waals surface area contributed by atoms with E-state index in [4.69, 9.17) is 9.47 Å². The number of carbonyl (C=O) groups excluding carboxylic acids is 2. The van der Waals surface area contributed by atoms with Crippen LogP contribution < -0.4 is 14.8 Å². The van der Waals surface area contributed by atoms with Crippen molar-refractivity contribution in [3.63, 3.8) is 0 Å². The molecular formula is C24H27FN4O4S. The third-order valence-electron chi connectivity index (χ3n) is 7.45. The lowest BCUT2D eigenvalue weighted by molar-refractivity contribution is -0.154. The first-order valence-corrected chi connectivity index (χ1v) is 12.4. The van der Waals surface area contributed by atoms with Crippen LogP contribution in [0.5, 0.6) is 5.75 Å². The quantitative estimate of drug-likeness (QED) is 0.649. The molecule has 4 aliphatic heterocycles. The molecule has 10 heteroatoms. The van der Waals surface area contributed by atoms with Crippen LogP contribution in [-0.2, 0) is 16.6 Å². The van der Waals surface area contributed by atoms with Crippen molar-refractivity contribution in [2.24, 2.45) is 18.9 Å². The van der Waals surface area contributed by atoms with E-state index in [1.54, 1.807) is 24.6 Å². The summed E-state index contributed by atoms with van der Waals surface area (Å²) in [6.45, 7) is 3.97. The van der Waals surface area contributed by atoms with Crippen molar-refractivity contribution in [2.45, 2.75) is 36.3 Å². The standard InChI is InChI=1S/C24H27FN4O4S/c1-13-5-16(3-4-17(13)25)26-22(30)20-21-19(10-28(20)2)34-27-18-9-29(8-15(18)12-32-21)23(31)24-6-14(7-24)11-33-24/h3-5,10,14-15,18,27H,6-9,11-12H2,1-2H3,(H,26,30). The van der Waals surface area contributed by atoms with Gasteiger partial charge in [-0.05, 0) is 61.4 Å². The zero-order chi connectivity index (χ0) is 23.6. The predicted octanol–water partition coefficient (Wildman–Crippen LogP) is 2.72. The van der Waals surface area contributed by atoms with Gasteiger partial charge >= 0.3 is 0 Å². The van der Waals surface area contributed by atoms with E-state index in [-0.39, 0.29) is 29.6 Å². The molecule has 2 amide bonds. The van der Waals surface area contributed by atoms with Crippen molar-refractivity contribution in [3.8, 4) is 5.75 Å². The van der Waals surface area contributed by atoms with E-state index in [0.29, 0.717) is 54.9 Å². The first-order valence-electron chi connectivity index (χ1n) is 11.6. The maximum absolute atomic E-state index is 13.6. The molecule has 3 saturated heterocycles. The Morgan fingerprint density at radius 1 is 1.26 bits per heavy atom. The second kappa shape index (κ2) is 8.00. The molecule has 0 radical (unpaired) electrons. The Labute approximate surface area is 201 Å². The highest BCUT2D eigenvalue weighted by molar-refractivity contribution is 7.97. The van der Waals surface area contributed by atoms with E-state index in [1.165, 1.54) is 24.1 Å². The fourth-order valence-electron chi connectivity index (χ4n) is 5.54. The Hall–Kier alpha value is -2.56. The van der Waals surface area contributed by atoms with E-state index in [9.17, 15) is 14.0 Å². The molecule has 2 aromatic rings. The van der Waals surface area contributed by atoms with Gasteiger partial charge in [0.1, 0.15) is 11.4 Å². The lowest BCUT2D eigenvalue weighted by Crippen LogP contribution is -2.52. The smallest absolute Gasteiger partial charge is 0.276 e. The second-order valence-electron chi connectivity index (χ2n) is 9.89. The zero-order valence-corrected chi connectivity index (χ0v) is 19.9. The van der Waals surface area contributed by atoms with Gasteiger partial charge in [0.2, 0.25) is 0 Å². The van der Waals surface area contributed by atoms with E-state index in [1.807, 2.05) is 11.1 Å². The molecule has 2 unspecified atom stereocenters. The zero-order valence-electron chi connectivity index (χ0n) is 19.1.